The lowest BCUT2D eigenvalue weighted by Gasteiger charge is -2.02. The van der Waals surface area contributed by atoms with Crippen LogP contribution in [0.25, 0.3) is 0 Å². The molecule has 0 aliphatic rings. The predicted molar refractivity (Wildman–Crippen MR) is 66.2 cm³/mol. The number of anilines is 1. The summed E-state index contributed by atoms with van der Waals surface area (Å²) < 4.78 is 27.9. The predicted octanol–water partition coefficient (Wildman–Crippen LogP) is 1.92. The molecule has 0 saturated carbocycles. The molecule has 0 aliphatic carbocycles. The summed E-state index contributed by atoms with van der Waals surface area (Å²) in [6.45, 7) is 0. The molecule has 0 radical (unpaired) electrons. The second-order valence-electron chi connectivity index (χ2n) is 3.37. The minimum absolute atomic E-state index is 0.253. The SMILES string of the molecule is CS(=O)(=O)c1ccc(Oc2ncc(N)s2)cc1. The van der Waals surface area contributed by atoms with E-state index in [2.05, 4.69) is 4.98 Å². The van der Waals surface area contributed by atoms with Crippen molar-refractivity contribution in [3.8, 4) is 10.9 Å². The Bertz CT molecular complexity index is 617. The van der Waals surface area contributed by atoms with Crippen molar-refractivity contribution in [2.24, 2.45) is 0 Å². The highest BCUT2D eigenvalue weighted by Crippen LogP contribution is 2.28. The molecule has 1 aromatic carbocycles. The van der Waals surface area contributed by atoms with Crippen LogP contribution in [0.5, 0.6) is 10.9 Å². The van der Waals surface area contributed by atoms with Crippen LogP contribution in [0.4, 0.5) is 5.00 Å². The Morgan fingerprint density at radius 1 is 1.29 bits per heavy atom. The van der Waals surface area contributed by atoms with E-state index in [1.165, 1.54) is 29.7 Å². The molecule has 0 fully saturated rings. The number of benzene rings is 1. The van der Waals surface area contributed by atoms with Gasteiger partial charge < -0.3 is 10.5 Å². The van der Waals surface area contributed by atoms with E-state index < -0.39 is 9.84 Å². The molecule has 2 rings (SSSR count). The van der Waals surface area contributed by atoms with Gasteiger partial charge in [-0.05, 0) is 24.3 Å². The molecular weight excluding hydrogens is 260 g/mol. The first kappa shape index (κ1) is 11.9. The molecule has 0 spiro atoms. The highest BCUT2D eigenvalue weighted by atomic mass is 32.2. The van der Waals surface area contributed by atoms with Crippen molar-refractivity contribution in [1.29, 1.82) is 0 Å². The molecule has 5 nitrogen and oxygen atoms in total. The van der Waals surface area contributed by atoms with Crippen molar-refractivity contribution < 1.29 is 13.2 Å². The van der Waals surface area contributed by atoms with Crippen LogP contribution >= 0.6 is 11.3 Å². The van der Waals surface area contributed by atoms with Crippen LogP contribution < -0.4 is 10.5 Å². The molecule has 0 aliphatic heterocycles. The van der Waals surface area contributed by atoms with Crippen LogP contribution in [0.1, 0.15) is 0 Å². The van der Waals surface area contributed by atoms with Gasteiger partial charge in [-0.15, -0.1) is 0 Å². The summed E-state index contributed by atoms with van der Waals surface area (Å²) in [5.74, 6) is 0.520. The van der Waals surface area contributed by atoms with E-state index in [0.717, 1.165) is 6.26 Å². The second-order valence-corrected chi connectivity index (χ2v) is 6.41. The molecule has 7 heteroatoms. The maximum Gasteiger partial charge on any atom is 0.280 e. The van der Waals surface area contributed by atoms with Crippen LogP contribution in [0, 0.1) is 0 Å². The Morgan fingerprint density at radius 3 is 2.41 bits per heavy atom. The maximum atomic E-state index is 11.2. The summed E-state index contributed by atoms with van der Waals surface area (Å²) in [6, 6.07) is 6.13. The van der Waals surface area contributed by atoms with E-state index in [0.29, 0.717) is 15.9 Å². The molecule has 2 aromatic rings. The fourth-order valence-electron chi connectivity index (χ4n) is 1.17. The average Bonchev–Trinajstić information content (AvgIpc) is 2.63. The van der Waals surface area contributed by atoms with Gasteiger partial charge >= 0.3 is 0 Å². The van der Waals surface area contributed by atoms with E-state index in [1.54, 1.807) is 12.1 Å². The quantitative estimate of drug-likeness (QED) is 0.921. The van der Waals surface area contributed by atoms with Crippen LogP contribution in [0.15, 0.2) is 35.4 Å². The first-order valence-corrected chi connectivity index (χ1v) is 7.35. The van der Waals surface area contributed by atoms with Gasteiger partial charge in [0.25, 0.3) is 5.19 Å². The van der Waals surface area contributed by atoms with E-state index in [1.807, 2.05) is 0 Å². The summed E-state index contributed by atoms with van der Waals surface area (Å²) in [5, 5.41) is 0.988. The van der Waals surface area contributed by atoms with Gasteiger partial charge in [-0.3, -0.25) is 0 Å². The molecular formula is C10H10N2O3S2. The zero-order chi connectivity index (χ0) is 12.5. The Morgan fingerprint density at radius 2 is 1.94 bits per heavy atom. The lowest BCUT2D eigenvalue weighted by atomic mass is 10.3. The van der Waals surface area contributed by atoms with Crippen molar-refractivity contribution in [3.05, 3.63) is 30.5 Å². The third-order valence-electron chi connectivity index (χ3n) is 1.96. The van der Waals surface area contributed by atoms with Crippen molar-refractivity contribution in [3.63, 3.8) is 0 Å². The van der Waals surface area contributed by atoms with E-state index in [-0.39, 0.29) is 4.90 Å². The normalized spacial score (nSPS) is 11.4. The zero-order valence-electron chi connectivity index (χ0n) is 8.95. The van der Waals surface area contributed by atoms with Gasteiger partial charge in [0.05, 0.1) is 11.1 Å². The molecule has 0 saturated heterocycles. The lowest BCUT2D eigenvalue weighted by Crippen LogP contribution is -1.96. The second kappa shape index (κ2) is 4.34. The fourth-order valence-corrected chi connectivity index (χ4v) is 2.35. The fraction of sp³-hybridized carbons (Fsp3) is 0.100. The number of hydrogen-bond acceptors (Lipinski definition) is 6. The van der Waals surface area contributed by atoms with Crippen LogP contribution in [0.3, 0.4) is 0 Å². The molecule has 0 amide bonds. The van der Waals surface area contributed by atoms with Crippen molar-refractivity contribution >= 4 is 26.2 Å². The highest BCUT2D eigenvalue weighted by molar-refractivity contribution is 7.90. The first-order chi connectivity index (χ1) is 7.95. The summed E-state index contributed by atoms with van der Waals surface area (Å²) in [6.07, 6.45) is 2.66. The summed E-state index contributed by atoms with van der Waals surface area (Å²) in [7, 11) is -3.18. The zero-order valence-corrected chi connectivity index (χ0v) is 10.6. The molecule has 17 heavy (non-hydrogen) atoms. The van der Waals surface area contributed by atoms with Gasteiger partial charge in [0.1, 0.15) is 10.8 Å². The number of nitrogens with zero attached hydrogens (tertiary/aromatic N) is 1. The molecule has 1 aromatic heterocycles. The molecule has 0 bridgehead atoms. The Labute approximate surface area is 103 Å². The van der Waals surface area contributed by atoms with Crippen molar-refractivity contribution in [2.75, 3.05) is 12.0 Å². The average molecular weight is 270 g/mol. The van der Waals surface area contributed by atoms with Crippen LogP contribution in [-0.2, 0) is 9.84 Å². The number of aromatic nitrogens is 1. The minimum atomic E-state index is -3.18. The summed E-state index contributed by atoms with van der Waals surface area (Å²) in [4.78, 5) is 4.19. The number of hydrogen-bond donors (Lipinski definition) is 1. The largest absolute Gasteiger partial charge is 0.431 e. The standard InChI is InChI=1S/C10H10N2O3S2/c1-17(13,14)8-4-2-7(3-5-8)15-10-12-6-9(11)16-10/h2-6H,11H2,1H3. The third kappa shape index (κ3) is 2.95. The van der Waals surface area contributed by atoms with Gasteiger partial charge in [0, 0.05) is 6.26 Å². The van der Waals surface area contributed by atoms with Gasteiger partial charge in [-0.1, -0.05) is 11.3 Å². The Hall–Kier alpha value is -1.60. The number of thiazole rings is 1. The molecule has 0 unspecified atom stereocenters. The molecule has 1 heterocycles. The minimum Gasteiger partial charge on any atom is -0.431 e. The highest BCUT2D eigenvalue weighted by Gasteiger charge is 2.07. The summed E-state index contributed by atoms with van der Waals surface area (Å²) >= 11 is 1.22. The van der Waals surface area contributed by atoms with E-state index in [4.69, 9.17) is 10.5 Å². The lowest BCUT2D eigenvalue weighted by molar-refractivity contribution is 0.478. The number of ether oxygens (including phenoxy) is 1. The topological polar surface area (TPSA) is 82.3 Å². The van der Waals surface area contributed by atoms with Crippen molar-refractivity contribution in [2.45, 2.75) is 4.90 Å². The number of sulfone groups is 1. The van der Waals surface area contributed by atoms with Crippen LogP contribution in [-0.4, -0.2) is 19.7 Å². The number of nitrogen functional groups attached to an aromatic ring is 1. The van der Waals surface area contributed by atoms with Gasteiger partial charge in [-0.2, -0.15) is 0 Å². The van der Waals surface area contributed by atoms with Gasteiger partial charge in [0.15, 0.2) is 9.84 Å². The summed E-state index contributed by atoms with van der Waals surface area (Å²) in [5.41, 5.74) is 5.51. The monoisotopic (exact) mass is 270 g/mol. The number of rotatable bonds is 3. The Balaban J connectivity index is 2.19. The maximum absolute atomic E-state index is 11.2. The van der Waals surface area contributed by atoms with E-state index in [9.17, 15) is 8.42 Å². The van der Waals surface area contributed by atoms with Gasteiger partial charge in [-0.25, -0.2) is 13.4 Å². The van der Waals surface area contributed by atoms with Crippen LogP contribution in [0.2, 0.25) is 0 Å². The van der Waals surface area contributed by atoms with E-state index >= 15 is 0 Å². The first-order valence-electron chi connectivity index (χ1n) is 4.64. The molecule has 90 valence electrons. The molecule has 0 atom stereocenters. The van der Waals surface area contributed by atoms with Crippen molar-refractivity contribution in [1.82, 2.24) is 4.98 Å². The smallest absolute Gasteiger partial charge is 0.280 e. The number of nitrogens with two attached hydrogens (primary N) is 1. The van der Waals surface area contributed by atoms with Gasteiger partial charge in [0.2, 0.25) is 0 Å². The third-order valence-corrected chi connectivity index (χ3v) is 3.79. The Kier molecular flexibility index (Phi) is 3.03. The molecule has 2 N–H and O–H groups in total.